The van der Waals surface area contributed by atoms with Gasteiger partial charge in [-0.3, -0.25) is 0 Å². The molecule has 0 saturated heterocycles. The Morgan fingerprint density at radius 3 is 2.48 bits per heavy atom. The van der Waals surface area contributed by atoms with Gasteiger partial charge in [-0.25, -0.2) is 4.79 Å². The summed E-state index contributed by atoms with van der Waals surface area (Å²) >= 11 is 12.7. The molecule has 3 rings (SSSR count). The Morgan fingerprint density at radius 2 is 1.87 bits per heavy atom. The van der Waals surface area contributed by atoms with Gasteiger partial charge in [-0.1, -0.05) is 41.9 Å². The molecule has 1 heterocycles. The Labute approximate surface area is 191 Å². The molecule has 2 N–H and O–H groups in total. The van der Waals surface area contributed by atoms with Gasteiger partial charge in [0.2, 0.25) is 0 Å². The van der Waals surface area contributed by atoms with E-state index in [0.29, 0.717) is 16.3 Å². The van der Waals surface area contributed by atoms with E-state index < -0.39 is 12.6 Å². The fourth-order valence-electron chi connectivity index (χ4n) is 2.92. The maximum atomic E-state index is 12.5. The predicted octanol–water partition coefficient (Wildman–Crippen LogP) is 6.57. The number of anilines is 2. The number of hydrogen-bond donors (Lipinski definition) is 2. The number of carbonyl (C=O) groups excluding carboxylic acids is 1. The topological polar surface area (TPSA) is 59.6 Å². The van der Waals surface area contributed by atoms with Crippen molar-refractivity contribution in [1.82, 2.24) is 0 Å². The van der Waals surface area contributed by atoms with Gasteiger partial charge in [-0.2, -0.15) is 8.78 Å². The number of methoxy groups -OCH3 is 1. The summed E-state index contributed by atoms with van der Waals surface area (Å²) in [6.45, 7) is -1.07. The molecule has 31 heavy (non-hydrogen) atoms. The summed E-state index contributed by atoms with van der Waals surface area (Å²) in [5.74, 6) is -0.638. The molecule has 2 aromatic carbocycles. The van der Waals surface area contributed by atoms with Crippen LogP contribution in [0.1, 0.15) is 15.2 Å². The first kappa shape index (κ1) is 22.9. The van der Waals surface area contributed by atoms with Crippen LogP contribution in [0, 0.1) is 6.92 Å². The molecule has 0 fully saturated rings. The highest BCUT2D eigenvalue weighted by Gasteiger charge is 2.24. The molecular weight excluding hydrogens is 466 g/mol. The number of aryl methyl sites for hydroxylation is 1. The zero-order chi connectivity index (χ0) is 22.5. The summed E-state index contributed by atoms with van der Waals surface area (Å²) in [6, 6.07) is 13.7. The molecule has 0 bridgehead atoms. The van der Waals surface area contributed by atoms with E-state index >= 15 is 0 Å². The first-order valence-electron chi connectivity index (χ1n) is 8.89. The third-order valence-electron chi connectivity index (χ3n) is 4.17. The van der Waals surface area contributed by atoms with Crippen molar-refractivity contribution in [3.63, 3.8) is 0 Å². The minimum Gasteiger partial charge on any atom is -0.465 e. The number of thiophene rings is 1. The molecule has 3 aromatic rings. The van der Waals surface area contributed by atoms with E-state index in [2.05, 4.69) is 15.4 Å². The standard InChI is InChI=1S/C21H17ClF2N2O3S2/c1-11-16(12-6-4-3-5-7-12)17(19(27)28-2)18(31-11)26-21(30)25-13-8-9-15(14(22)10-13)29-20(23)24/h3-10,20H,1-2H3,(H2,25,26,30). The number of carbonyl (C=O) groups is 1. The molecule has 0 aliphatic heterocycles. The first-order valence-corrected chi connectivity index (χ1v) is 10.5. The van der Waals surface area contributed by atoms with Crippen LogP contribution in [0.15, 0.2) is 48.5 Å². The van der Waals surface area contributed by atoms with Gasteiger partial charge in [0.25, 0.3) is 0 Å². The second-order valence-electron chi connectivity index (χ2n) is 6.20. The number of ether oxygens (including phenoxy) is 2. The van der Waals surface area contributed by atoms with Crippen molar-refractivity contribution < 1.29 is 23.0 Å². The molecule has 1 aromatic heterocycles. The molecule has 0 atom stereocenters. The van der Waals surface area contributed by atoms with Crippen LogP contribution in [0.3, 0.4) is 0 Å². The first-order chi connectivity index (χ1) is 14.8. The number of benzene rings is 2. The number of esters is 1. The van der Waals surface area contributed by atoms with Gasteiger partial charge in [-0.05, 0) is 42.9 Å². The number of halogens is 3. The van der Waals surface area contributed by atoms with Gasteiger partial charge in [0.15, 0.2) is 5.11 Å². The number of nitrogens with one attached hydrogen (secondary N) is 2. The molecule has 0 radical (unpaired) electrons. The van der Waals surface area contributed by atoms with Gasteiger partial charge in [0, 0.05) is 16.1 Å². The van der Waals surface area contributed by atoms with Crippen LogP contribution in [0.25, 0.3) is 11.1 Å². The van der Waals surface area contributed by atoms with Crippen LogP contribution in [0.5, 0.6) is 5.75 Å². The molecular formula is C21H17ClF2N2O3S2. The largest absolute Gasteiger partial charge is 0.465 e. The predicted molar refractivity (Wildman–Crippen MR) is 124 cm³/mol. The average molecular weight is 483 g/mol. The summed E-state index contributed by atoms with van der Waals surface area (Å²) in [5.41, 5.74) is 2.48. The lowest BCUT2D eigenvalue weighted by Crippen LogP contribution is -2.20. The molecule has 0 aliphatic rings. The highest BCUT2D eigenvalue weighted by Crippen LogP contribution is 2.40. The SMILES string of the molecule is COC(=O)c1c(NC(=S)Nc2ccc(OC(F)F)c(Cl)c2)sc(C)c1-c1ccccc1. The number of alkyl halides is 2. The highest BCUT2D eigenvalue weighted by molar-refractivity contribution is 7.80. The lowest BCUT2D eigenvalue weighted by Gasteiger charge is -2.13. The van der Waals surface area contributed by atoms with Gasteiger partial charge in [0.05, 0.1) is 12.1 Å². The smallest absolute Gasteiger partial charge is 0.387 e. The minimum atomic E-state index is -2.98. The maximum Gasteiger partial charge on any atom is 0.387 e. The van der Waals surface area contributed by atoms with Crippen LogP contribution >= 0.6 is 35.2 Å². The Bertz CT molecular complexity index is 1110. The molecule has 0 saturated carbocycles. The zero-order valence-corrected chi connectivity index (χ0v) is 18.8. The lowest BCUT2D eigenvalue weighted by atomic mass is 10.0. The summed E-state index contributed by atoms with van der Waals surface area (Å²) in [7, 11) is 1.31. The summed E-state index contributed by atoms with van der Waals surface area (Å²) < 4.78 is 34.1. The van der Waals surface area contributed by atoms with Gasteiger partial charge in [-0.15, -0.1) is 11.3 Å². The normalized spacial score (nSPS) is 10.6. The van der Waals surface area contributed by atoms with Crippen molar-refractivity contribution in [1.29, 1.82) is 0 Å². The van der Waals surface area contributed by atoms with E-state index in [9.17, 15) is 13.6 Å². The Kier molecular flexibility index (Phi) is 7.42. The van der Waals surface area contributed by atoms with Gasteiger partial charge < -0.3 is 20.1 Å². The maximum absolute atomic E-state index is 12.5. The fraction of sp³-hybridized carbons (Fsp3) is 0.143. The van der Waals surface area contributed by atoms with E-state index in [0.717, 1.165) is 16.0 Å². The average Bonchev–Trinajstić information content (AvgIpc) is 3.05. The zero-order valence-electron chi connectivity index (χ0n) is 16.4. The monoisotopic (exact) mass is 482 g/mol. The Hall–Kier alpha value is -2.75. The summed E-state index contributed by atoms with van der Waals surface area (Å²) in [6.07, 6.45) is 0. The summed E-state index contributed by atoms with van der Waals surface area (Å²) in [4.78, 5) is 13.5. The van der Waals surface area contributed by atoms with Crippen LogP contribution in [0.2, 0.25) is 5.02 Å². The van der Waals surface area contributed by atoms with E-state index in [1.54, 1.807) is 0 Å². The fourth-order valence-corrected chi connectivity index (χ4v) is 4.50. The molecule has 0 unspecified atom stereocenters. The molecule has 0 spiro atoms. The minimum absolute atomic E-state index is 0.00156. The third-order valence-corrected chi connectivity index (χ3v) is 5.69. The van der Waals surface area contributed by atoms with Crippen molar-refractivity contribution >= 4 is 56.9 Å². The van der Waals surface area contributed by atoms with Gasteiger partial charge in [0.1, 0.15) is 16.3 Å². The van der Waals surface area contributed by atoms with Crippen LogP contribution in [-0.2, 0) is 4.74 Å². The second-order valence-corrected chi connectivity index (χ2v) is 8.24. The van der Waals surface area contributed by atoms with E-state index in [-0.39, 0.29) is 15.9 Å². The number of thiocarbonyl (C=S) groups is 1. The van der Waals surface area contributed by atoms with Gasteiger partial charge >= 0.3 is 12.6 Å². The van der Waals surface area contributed by atoms with Crippen LogP contribution in [0.4, 0.5) is 19.5 Å². The second kappa shape index (κ2) is 10.0. The summed E-state index contributed by atoms with van der Waals surface area (Å²) in [5, 5.41) is 6.63. The van der Waals surface area contributed by atoms with Crippen molar-refractivity contribution in [3.05, 3.63) is 64.0 Å². The molecule has 5 nitrogen and oxygen atoms in total. The Morgan fingerprint density at radius 1 is 1.16 bits per heavy atom. The Balaban J connectivity index is 1.85. The molecule has 10 heteroatoms. The van der Waals surface area contributed by atoms with E-state index in [1.807, 2.05) is 37.3 Å². The third kappa shape index (κ3) is 5.49. The molecule has 0 aliphatic carbocycles. The number of rotatable bonds is 6. The lowest BCUT2D eigenvalue weighted by molar-refractivity contribution is -0.0497. The highest BCUT2D eigenvalue weighted by atomic mass is 35.5. The van der Waals surface area contributed by atoms with Crippen LogP contribution < -0.4 is 15.4 Å². The van der Waals surface area contributed by atoms with Crippen molar-refractivity contribution in [2.75, 3.05) is 17.7 Å². The van der Waals surface area contributed by atoms with Crippen molar-refractivity contribution in [2.45, 2.75) is 13.5 Å². The van der Waals surface area contributed by atoms with Crippen LogP contribution in [-0.4, -0.2) is 24.8 Å². The van der Waals surface area contributed by atoms with E-state index in [1.165, 1.54) is 36.6 Å². The quantitative estimate of drug-likeness (QED) is 0.306. The molecule has 0 amide bonds. The molecule has 162 valence electrons. The van der Waals surface area contributed by atoms with Crippen molar-refractivity contribution in [2.24, 2.45) is 0 Å². The van der Waals surface area contributed by atoms with E-state index in [4.69, 9.17) is 28.6 Å². The number of hydrogen-bond acceptors (Lipinski definition) is 5. The van der Waals surface area contributed by atoms with Crippen molar-refractivity contribution in [3.8, 4) is 16.9 Å².